The third-order valence-electron chi connectivity index (χ3n) is 5.59. The van der Waals surface area contributed by atoms with Gasteiger partial charge in [0.05, 0.1) is 17.0 Å². The second-order valence-corrected chi connectivity index (χ2v) is 7.68. The Hall–Kier alpha value is -2.90. The van der Waals surface area contributed by atoms with E-state index in [1.165, 1.54) is 0 Å². The predicted octanol–water partition coefficient (Wildman–Crippen LogP) is 2.70. The fourth-order valence-corrected chi connectivity index (χ4v) is 4.18. The van der Waals surface area contributed by atoms with Crippen molar-refractivity contribution in [2.24, 2.45) is 0 Å². The Morgan fingerprint density at radius 2 is 1.93 bits per heavy atom. The van der Waals surface area contributed by atoms with Gasteiger partial charge >= 0.3 is 5.69 Å². The number of nitrogens with zero attached hydrogens (tertiary/aromatic N) is 5. The van der Waals surface area contributed by atoms with Gasteiger partial charge in [-0.1, -0.05) is 24.2 Å². The summed E-state index contributed by atoms with van der Waals surface area (Å²) >= 11 is 0. The number of aromatic nitrogens is 4. The standard InChI is InChI=1S/C21H27N5O3/c1-3-11-25-17-8-4-5-9-18(17)26(21(25)28)13-10-19(27)24-12-6-7-16(14-24)20-22-15(2)23-29-20/h4-5,8-9,16H,3,6-7,10-14H2,1-2H3. The Morgan fingerprint density at radius 3 is 2.59 bits per heavy atom. The number of hydrogen-bond donors (Lipinski definition) is 0. The highest BCUT2D eigenvalue weighted by atomic mass is 16.5. The van der Waals surface area contributed by atoms with E-state index >= 15 is 0 Å². The van der Waals surface area contributed by atoms with Gasteiger partial charge in [0.25, 0.3) is 0 Å². The van der Waals surface area contributed by atoms with E-state index in [-0.39, 0.29) is 17.5 Å². The molecule has 29 heavy (non-hydrogen) atoms. The molecule has 1 aromatic carbocycles. The van der Waals surface area contributed by atoms with Crippen LogP contribution in [-0.4, -0.2) is 43.2 Å². The minimum absolute atomic E-state index is 0.0429. The summed E-state index contributed by atoms with van der Waals surface area (Å²) in [7, 11) is 0. The number of fused-ring (bicyclic) bond motifs is 1. The Labute approximate surface area is 169 Å². The molecule has 1 atom stereocenters. The summed E-state index contributed by atoms with van der Waals surface area (Å²) in [5.74, 6) is 1.37. The van der Waals surface area contributed by atoms with Crippen LogP contribution in [0.3, 0.4) is 0 Å². The Morgan fingerprint density at radius 1 is 1.21 bits per heavy atom. The first kappa shape index (κ1) is 19.4. The number of rotatable bonds is 6. The number of para-hydroxylation sites is 2. The third-order valence-corrected chi connectivity index (χ3v) is 5.59. The summed E-state index contributed by atoms with van der Waals surface area (Å²) in [5.41, 5.74) is 1.77. The quantitative estimate of drug-likeness (QED) is 0.638. The summed E-state index contributed by atoms with van der Waals surface area (Å²) in [6.07, 6.45) is 3.04. The van der Waals surface area contributed by atoms with E-state index in [4.69, 9.17) is 4.52 Å². The third kappa shape index (κ3) is 3.83. The smallest absolute Gasteiger partial charge is 0.329 e. The molecule has 0 aliphatic carbocycles. The Balaban J connectivity index is 1.47. The van der Waals surface area contributed by atoms with E-state index in [0.29, 0.717) is 37.8 Å². The summed E-state index contributed by atoms with van der Waals surface area (Å²) in [6.45, 7) is 6.24. The highest BCUT2D eigenvalue weighted by Gasteiger charge is 2.28. The van der Waals surface area contributed by atoms with E-state index < -0.39 is 0 Å². The van der Waals surface area contributed by atoms with Gasteiger partial charge in [-0.05, 0) is 38.3 Å². The molecule has 0 N–H and O–H groups in total. The maximum Gasteiger partial charge on any atom is 0.329 e. The number of piperidine rings is 1. The van der Waals surface area contributed by atoms with Crippen LogP contribution in [0.25, 0.3) is 11.0 Å². The molecule has 0 saturated carbocycles. The molecule has 0 radical (unpaired) electrons. The normalized spacial score (nSPS) is 17.2. The number of amides is 1. The number of benzene rings is 1. The lowest BCUT2D eigenvalue weighted by Gasteiger charge is -2.31. The van der Waals surface area contributed by atoms with Crippen LogP contribution in [0.15, 0.2) is 33.6 Å². The molecule has 1 fully saturated rings. The van der Waals surface area contributed by atoms with Crippen molar-refractivity contribution in [2.45, 2.75) is 58.5 Å². The molecule has 3 heterocycles. The van der Waals surface area contributed by atoms with Gasteiger partial charge in [-0.3, -0.25) is 13.9 Å². The van der Waals surface area contributed by atoms with Crippen LogP contribution < -0.4 is 5.69 Å². The van der Waals surface area contributed by atoms with E-state index in [2.05, 4.69) is 17.1 Å². The van der Waals surface area contributed by atoms with Crippen molar-refractivity contribution in [3.05, 3.63) is 46.5 Å². The van der Waals surface area contributed by atoms with Crippen LogP contribution in [0.1, 0.15) is 50.2 Å². The van der Waals surface area contributed by atoms with E-state index in [1.807, 2.05) is 29.2 Å². The number of likely N-dealkylation sites (tertiary alicyclic amines) is 1. The molecule has 0 bridgehead atoms. The van der Waals surface area contributed by atoms with E-state index in [1.54, 1.807) is 16.1 Å². The van der Waals surface area contributed by atoms with Crippen LogP contribution >= 0.6 is 0 Å². The van der Waals surface area contributed by atoms with Crippen molar-refractivity contribution in [1.29, 1.82) is 0 Å². The molecule has 8 nitrogen and oxygen atoms in total. The van der Waals surface area contributed by atoms with Crippen molar-refractivity contribution in [3.63, 3.8) is 0 Å². The first-order valence-corrected chi connectivity index (χ1v) is 10.3. The fraction of sp³-hybridized carbons (Fsp3) is 0.524. The summed E-state index contributed by atoms with van der Waals surface area (Å²) < 4.78 is 8.83. The highest BCUT2D eigenvalue weighted by Crippen LogP contribution is 2.26. The SMILES string of the molecule is CCCn1c(=O)n(CCC(=O)N2CCCC(c3nc(C)no3)C2)c2ccccc21. The molecule has 0 spiro atoms. The van der Waals surface area contributed by atoms with Gasteiger partial charge in [0.2, 0.25) is 11.8 Å². The topological polar surface area (TPSA) is 86.2 Å². The van der Waals surface area contributed by atoms with Crippen molar-refractivity contribution in [3.8, 4) is 0 Å². The molecule has 1 aliphatic heterocycles. The lowest BCUT2D eigenvalue weighted by molar-refractivity contribution is -0.132. The lowest BCUT2D eigenvalue weighted by Crippen LogP contribution is -2.40. The van der Waals surface area contributed by atoms with Crippen LogP contribution in [0.2, 0.25) is 0 Å². The van der Waals surface area contributed by atoms with Crippen molar-refractivity contribution in [1.82, 2.24) is 24.2 Å². The second-order valence-electron chi connectivity index (χ2n) is 7.68. The maximum absolute atomic E-state index is 12.9. The Bertz CT molecular complexity index is 1060. The number of hydrogen-bond acceptors (Lipinski definition) is 5. The van der Waals surface area contributed by atoms with Gasteiger partial charge in [0.15, 0.2) is 5.82 Å². The molecule has 2 aromatic heterocycles. The molecule has 1 amide bonds. The molecule has 154 valence electrons. The van der Waals surface area contributed by atoms with Gasteiger partial charge in [0.1, 0.15) is 0 Å². The number of aryl methyl sites for hydroxylation is 3. The van der Waals surface area contributed by atoms with E-state index in [0.717, 1.165) is 36.8 Å². The molecule has 1 unspecified atom stereocenters. The minimum Gasteiger partial charge on any atom is -0.342 e. The van der Waals surface area contributed by atoms with Gasteiger partial charge < -0.3 is 9.42 Å². The zero-order valence-corrected chi connectivity index (χ0v) is 17.0. The van der Waals surface area contributed by atoms with Gasteiger partial charge in [0, 0.05) is 32.6 Å². The fourth-order valence-electron chi connectivity index (χ4n) is 4.18. The molecule has 4 rings (SSSR count). The molecule has 3 aromatic rings. The van der Waals surface area contributed by atoms with Crippen LogP contribution in [-0.2, 0) is 17.9 Å². The number of carbonyl (C=O) groups is 1. The first-order chi connectivity index (χ1) is 14.1. The average molecular weight is 397 g/mol. The monoisotopic (exact) mass is 397 g/mol. The van der Waals surface area contributed by atoms with Gasteiger partial charge in [-0.25, -0.2) is 4.79 Å². The highest BCUT2D eigenvalue weighted by molar-refractivity contribution is 5.78. The zero-order chi connectivity index (χ0) is 20.4. The van der Waals surface area contributed by atoms with Crippen molar-refractivity contribution >= 4 is 16.9 Å². The molecular formula is C21H27N5O3. The first-order valence-electron chi connectivity index (χ1n) is 10.3. The summed E-state index contributed by atoms with van der Waals surface area (Å²) in [4.78, 5) is 31.9. The average Bonchev–Trinajstić information content (AvgIpc) is 3.29. The maximum atomic E-state index is 12.9. The molecular weight excluding hydrogens is 370 g/mol. The molecule has 8 heteroatoms. The second kappa shape index (κ2) is 8.23. The zero-order valence-electron chi connectivity index (χ0n) is 17.0. The van der Waals surface area contributed by atoms with Gasteiger partial charge in [-0.2, -0.15) is 4.98 Å². The lowest BCUT2D eigenvalue weighted by atomic mass is 9.97. The largest absolute Gasteiger partial charge is 0.342 e. The number of imidazole rings is 1. The van der Waals surface area contributed by atoms with Crippen LogP contribution in [0.5, 0.6) is 0 Å². The van der Waals surface area contributed by atoms with E-state index in [9.17, 15) is 9.59 Å². The van der Waals surface area contributed by atoms with Crippen molar-refractivity contribution in [2.75, 3.05) is 13.1 Å². The number of carbonyl (C=O) groups excluding carboxylic acids is 1. The predicted molar refractivity (Wildman–Crippen MR) is 109 cm³/mol. The molecule has 1 saturated heterocycles. The summed E-state index contributed by atoms with van der Waals surface area (Å²) in [6, 6.07) is 7.78. The Kier molecular flexibility index (Phi) is 5.51. The summed E-state index contributed by atoms with van der Waals surface area (Å²) in [5, 5.41) is 3.86. The van der Waals surface area contributed by atoms with Crippen molar-refractivity contribution < 1.29 is 9.32 Å². The molecule has 1 aliphatic rings. The van der Waals surface area contributed by atoms with Crippen LogP contribution in [0.4, 0.5) is 0 Å². The minimum atomic E-state index is -0.0429. The van der Waals surface area contributed by atoms with Crippen LogP contribution in [0, 0.1) is 6.92 Å². The van der Waals surface area contributed by atoms with Gasteiger partial charge in [-0.15, -0.1) is 0 Å².